The summed E-state index contributed by atoms with van der Waals surface area (Å²) in [6.45, 7) is 6.06. The van der Waals surface area contributed by atoms with Crippen LogP contribution in [-0.4, -0.2) is 24.4 Å². The smallest absolute Gasteiger partial charge is 0.127 e. The van der Waals surface area contributed by atoms with Crippen LogP contribution in [0.25, 0.3) is 0 Å². The van der Waals surface area contributed by atoms with Gasteiger partial charge in [0.15, 0.2) is 0 Å². The van der Waals surface area contributed by atoms with Crippen LogP contribution in [0.5, 0.6) is 11.5 Å². The minimum atomic E-state index is -0.793. The molecule has 0 radical (unpaired) electrons. The monoisotopic (exact) mass is 267 g/mol. The van der Waals surface area contributed by atoms with Crippen LogP contribution in [0, 0.1) is 0 Å². The minimum absolute atomic E-state index is 0.128. The van der Waals surface area contributed by atoms with Crippen LogP contribution in [0.4, 0.5) is 0 Å². The first-order valence-electron chi connectivity index (χ1n) is 6.74. The molecule has 3 N–H and O–H groups in total. The van der Waals surface area contributed by atoms with E-state index in [4.69, 9.17) is 15.2 Å². The van der Waals surface area contributed by atoms with Crippen molar-refractivity contribution in [2.75, 3.05) is 13.7 Å². The predicted molar refractivity (Wildman–Crippen MR) is 76.6 cm³/mol. The van der Waals surface area contributed by atoms with E-state index in [9.17, 15) is 5.11 Å². The van der Waals surface area contributed by atoms with Crippen LogP contribution in [0.1, 0.15) is 45.2 Å². The van der Waals surface area contributed by atoms with Gasteiger partial charge in [0.05, 0.1) is 12.7 Å². The summed E-state index contributed by atoms with van der Waals surface area (Å²) in [5.41, 5.74) is 6.05. The number of nitrogens with two attached hydrogens (primary N) is 1. The fraction of sp³-hybridized carbons (Fsp3) is 0.600. The third-order valence-electron chi connectivity index (χ3n) is 3.52. The Kier molecular flexibility index (Phi) is 5.63. The number of aliphatic hydroxyl groups is 1. The van der Waals surface area contributed by atoms with Gasteiger partial charge in [0.1, 0.15) is 18.1 Å². The molecule has 1 atom stereocenters. The van der Waals surface area contributed by atoms with E-state index in [1.807, 2.05) is 39.0 Å². The largest absolute Gasteiger partial charge is 0.497 e. The number of hydrogen-bond acceptors (Lipinski definition) is 4. The molecule has 108 valence electrons. The Morgan fingerprint density at radius 1 is 1.32 bits per heavy atom. The Hall–Kier alpha value is -1.26. The minimum Gasteiger partial charge on any atom is -0.497 e. The lowest BCUT2D eigenvalue weighted by atomic mass is 9.99. The van der Waals surface area contributed by atoms with Gasteiger partial charge in [-0.25, -0.2) is 0 Å². The van der Waals surface area contributed by atoms with Gasteiger partial charge in [-0.3, -0.25) is 0 Å². The van der Waals surface area contributed by atoms with E-state index in [0.29, 0.717) is 18.6 Å². The molecular formula is C15H25NO3. The highest BCUT2D eigenvalue weighted by molar-refractivity contribution is 5.42. The van der Waals surface area contributed by atoms with E-state index in [1.165, 1.54) is 0 Å². The zero-order chi connectivity index (χ0) is 14.5. The molecule has 4 heteroatoms. The van der Waals surface area contributed by atoms with Crippen LogP contribution in [0.3, 0.4) is 0 Å². The van der Waals surface area contributed by atoms with Crippen molar-refractivity contribution in [1.29, 1.82) is 0 Å². The molecule has 1 aromatic rings. The van der Waals surface area contributed by atoms with Crippen LogP contribution < -0.4 is 15.2 Å². The number of ether oxygens (including phenoxy) is 2. The molecular weight excluding hydrogens is 242 g/mol. The van der Waals surface area contributed by atoms with E-state index in [0.717, 1.165) is 11.3 Å². The third kappa shape index (κ3) is 4.11. The number of benzene rings is 1. The van der Waals surface area contributed by atoms with Gasteiger partial charge in [0, 0.05) is 17.7 Å². The fourth-order valence-electron chi connectivity index (χ4n) is 1.81. The highest BCUT2D eigenvalue weighted by Gasteiger charge is 2.24. The van der Waals surface area contributed by atoms with Gasteiger partial charge in [-0.05, 0) is 25.8 Å². The van der Waals surface area contributed by atoms with Crippen molar-refractivity contribution >= 4 is 0 Å². The Morgan fingerprint density at radius 3 is 2.42 bits per heavy atom. The Balaban J connectivity index is 2.91. The van der Waals surface area contributed by atoms with Crippen LogP contribution >= 0.6 is 0 Å². The maximum Gasteiger partial charge on any atom is 0.127 e. The summed E-state index contributed by atoms with van der Waals surface area (Å²) in [6.07, 6.45) is 1.31. The Morgan fingerprint density at radius 2 is 1.95 bits per heavy atom. The van der Waals surface area contributed by atoms with Gasteiger partial charge in [-0.15, -0.1) is 0 Å². The second kappa shape index (κ2) is 6.78. The molecule has 0 aliphatic heterocycles. The molecule has 0 amide bonds. The van der Waals surface area contributed by atoms with Crippen molar-refractivity contribution in [3.05, 3.63) is 23.8 Å². The summed E-state index contributed by atoms with van der Waals surface area (Å²) < 4.78 is 11.0. The average molecular weight is 267 g/mol. The topological polar surface area (TPSA) is 64.7 Å². The molecule has 0 aliphatic carbocycles. The van der Waals surface area contributed by atoms with Gasteiger partial charge in [-0.2, -0.15) is 0 Å². The molecule has 0 saturated carbocycles. The molecule has 1 aromatic carbocycles. The van der Waals surface area contributed by atoms with Crippen LogP contribution in [0.2, 0.25) is 0 Å². The molecule has 0 spiro atoms. The van der Waals surface area contributed by atoms with Crippen molar-refractivity contribution < 1.29 is 14.6 Å². The zero-order valence-electron chi connectivity index (χ0n) is 12.3. The lowest BCUT2D eigenvalue weighted by Gasteiger charge is -2.26. The lowest BCUT2D eigenvalue weighted by molar-refractivity contribution is -0.0117. The Bertz CT molecular complexity index is 400. The van der Waals surface area contributed by atoms with E-state index < -0.39 is 5.60 Å². The number of hydrogen-bond donors (Lipinski definition) is 2. The highest BCUT2D eigenvalue weighted by atomic mass is 16.5. The Labute approximate surface area is 115 Å². The molecule has 0 bridgehead atoms. The van der Waals surface area contributed by atoms with Crippen LogP contribution in [0.15, 0.2) is 18.2 Å². The first kappa shape index (κ1) is 15.8. The first-order valence-corrected chi connectivity index (χ1v) is 6.74. The number of rotatable bonds is 7. The second-order valence-corrected chi connectivity index (χ2v) is 4.91. The van der Waals surface area contributed by atoms with Crippen molar-refractivity contribution in [2.45, 2.75) is 45.3 Å². The normalized spacial score (nSPS) is 13.2. The SMILES string of the molecule is CCC(O)(CC)COc1cc(OC)ccc1C(C)N. The summed E-state index contributed by atoms with van der Waals surface area (Å²) in [4.78, 5) is 0. The van der Waals surface area contributed by atoms with Crippen molar-refractivity contribution in [2.24, 2.45) is 5.73 Å². The van der Waals surface area contributed by atoms with E-state index in [2.05, 4.69) is 0 Å². The van der Waals surface area contributed by atoms with Gasteiger partial charge in [-0.1, -0.05) is 19.9 Å². The summed E-state index contributed by atoms with van der Waals surface area (Å²) >= 11 is 0. The second-order valence-electron chi connectivity index (χ2n) is 4.91. The molecule has 4 nitrogen and oxygen atoms in total. The van der Waals surface area contributed by atoms with Crippen LogP contribution in [-0.2, 0) is 0 Å². The molecule has 0 aromatic heterocycles. The summed E-state index contributed by atoms with van der Waals surface area (Å²) in [7, 11) is 1.61. The van der Waals surface area contributed by atoms with E-state index in [1.54, 1.807) is 7.11 Å². The summed E-state index contributed by atoms with van der Waals surface area (Å²) in [5.74, 6) is 1.39. The van der Waals surface area contributed by atoms with Crippen molar-refractivity contribution in [3.63, 3.8) is 0 Å². The van der Waals surface area contributed by atoms with Gasteiger partial charge >= 0.3 is 0 Å². The molecule has 0 saturated heterocycles. The zero-order valence-corrected chi connectivity index (χ0v) is 12.3. The number of methoxy groups -OCH3 is 1. The molecule has 0 heterocycles. The average Bonchev–Trinajstić information content (AvgIpc) is 2.44. The molecule has 1 rings (SSSR count). The van der Waals surface area contributed by atoms with Crippen molar-refractivity contribution in [1.82, 2.24) is 0 Å². The quantitative estimate of drug-likeness (QED) is 0.797. The summed E-state index contributed by atoms with van der Waals surface area (Å²) in [5, 5.41) is 10.3. The lowest BCUT2D eigenvalue weighted by Crippen LogP contribution is -2.34. The van der Waals surface area contributed by atoms with Crippen molar-refractivity contribution in [3.8, 4) is 11.5 Å². The summed E-state index contributed by atoms with van der Waals surface area (Å²) in [6, 6.07) is 5.44. The highest BCUT2D eigenvalue weighted by Crippen LogP contribution is 2.29. The molecule has 1 unspecified atom stereocenters. The van der Waals surface area contributed by atoms with Gasteiger partial charge in [0.2, 0.25) is 0 Å². The van der Waals surface area contributed by atoms with E-state index in [-0.39, 0.29) is 12.6 Å². The standard InChI is InChI=1S/C15H25NO3/c1-5-15(17,6-2)10-19-14-9-12(18-4)7-8-13(14)11(3)16/h7-9,11,17H,5-6,10,16H2,1-4H3. The van der Waals surface area contributed by atoms with E-state index >= 15 is 0 Å². The maximum atomic E-state index is 10.3. The fourth-order valence-corrected chi connectivity index (χ4v) is 1.81. The van der Waals surface area contributed by atoms with Gasteiger partial charge in [0.25, 0.3) is 0 Å². The predicted octanol–water partition coefficient (Wildman–Crippen LogP) is 2.64. The third-order valence-corrected chi connectivity index (χ3v) is 3.52. The molecule has 0 fully saturated rings. The van der Waals surface area contributed by atoms with Gasteiger partial charge < -0.3 is 20.3 Å². The molecule has 19 heavy (non-hydrogen) atoms. The molecule has 0 aliphatic rings. The first-order chi connectivity index (χ1) is 8.95. The maximum absolute atomic E-state index is 10.3.